The Morgan fingerprint density at radius 1 is 1.31 bits per heavy atom. The van der Waals surface area contributed by atoms with Crippen molar-refractivity contribution in [3.8, 4) is 0 Å². The van der Waals surface area contributed by atoms with Crippen LogP contribution in [0.2, 0.25) is 0 Å². The molecule has 4 nitrogen and oxygen atoms in total. The summed E-state index contributed by atoms with van der Waals surface area (Å²) in [5, 5.41) is 0. The van der Waals surface area contributed by atoms with Gasteiger partial charge in [-0.1, -0.05) is 13.8 Å². The Bertz CT molecular complexity index is 294. The molecule has 1 aromatic rings. The fourth-order valence-electron chi connectivity index (χ4n) is 1.31. The van der Waals surface area contributed by atoms with Crippen LogP contribution in [0.4, 0.5) is 11.6 Å². The molecule has 0 unspecified atom stereocenters. The number of nitrogens with zero attached hydrogens (tertiary/aromatic N) is 3. The summed E-state index contributed by atoms with van der Waals surface area (Å²) in [4.78, 5) is 10.1. The highest BCUT2D eigenvalue weighted by Crippen LogP contribution is 2.27. The Morgan fingerprint density at radius 3 is 2.31 bits per heavy atom. The molecule has 0 fully saturated rings. The molecule has 0 bridgehead atoms. The maximum Gasteiger partial charge on any atom is 0.137 e. The molecule has 1 aromatic heterocycles. The molecule has 0 spiro atoms. The van der Waals surface area contributed by atoms with E-state index < -0.39 is 0 Å². The van der Waals surface area contributed by atoms with Crippen molar-refractivity contribution >= 4 is 11.6 Å². The zero-order valence-corrected chi connectivity index (χ0v) is 8.57. The van der Waals surface area contributed by atoms with Crippen molar-refractivity contribution < 1.29 is 0 Å². The van der Waals surface area contributed by atoms with E-state index in [1.807, 2.05) is 19.0 Å². The van der Waals surface area contributed by atoms with Crippen molar-refractivity contribution in [2.45, 2.75) is 19.8 Å². The van der Waals surface area contributed by atoms with Crippen molar-refractivity contribution in [3.05, 3.63) is 11.9 Å². The first-order chi connectivity index (χ1) is 6.04. The third kappa shape index (κ3) is 1.88. The number of hydrogen-bond donors (Lipinski definition) is 1. The van der Waals surface area contributed by atoms with Gasteiger partial charge in [-0.25, -0.2) is 9.97 Å². The van der Waals surface area contributed by atoms with Crippen LogP contribution in [0.25, 0.3) is 0 Å². The van der Waals surface area contributed by atoms with E-state index in [1.165, 1.54) is 6.33 Å². The zero-order valence-electron chi connectivity index (χ0n) is 8.57. The number of nitrogen functional groups attached to an aromatic ring is 1. The summed E-state index contributed by atoms with van der Waals surface area (Å²) in [5.74, 6) is 1.83. The molecular formula is C9H16N4. The lowest BCUT2D eigenvalue weighted by atomic mass is 10.0. The highest BCUT2D eigenvalue weighted by molar-refractivity contribution is 5.57. The normalized spacial score (nSPS) is 10.5. The molecule has 0 saturated heterocycles. The molecule has 0 aliphatic heterocycles. The number of hydrogen-bond acceptors (Lipinski definition) is 4. The van der Waals surface area contributed by atoms with Gasteiger partial charge >= 0.3 is 0 Å². The summed E-state index contributed by atoms with van der Waals surface area (Å²) in [5.41, 5.74) is 6.80. The Morgan fingerprint density at radius 2 is 1.92 bits per heavy atom. The van der Waals surface area contributed by atoms with E-state index in [-0.39, 0.29) is 0 Å². The van der Waals surface area contributed by atoms with Crippen LogP contribution < -0.4 is 10.6 Å². The second-order valence-corrected chi connectivity index (χ2v) is 3.55. The van der Waals surface area contributed by atoms with Crippen LogP contribution in [0.15, 0.2) is 6.33 Å². The van der Waals surface area contributed by atoms with Crippen LogP contribution in [0.3, 0.4) is 0 Å². The maximum absolute atomic E-state index is 5.78. The van der Waals surface area contributed by atoms with Crippen molar-refractivity contribution in [1.82, 2.24) is 9.97 Å². The Hall–Kier alpha value is -1.32. The van der Waals surface area contributed by atoms with E-state index in [0.717, 1.165) is 11.4 Å². The number of aromatic nitrogens is 2. The topological polar surface area (TPSA) is 55.0 Å². The largest absolute Gasteiger partial charge is 0.383 e. The van der Waals surface area contributed by atoms with E-state index in [9.17, 15) is 0 Å². The van der Waals surface area contributed by atoms with Crippen LogP contribution in [0.5, 0.6) is 0 Å². The van der Waals surface area contributed by atoms with Crippen molar-refractivity contribution in [3.63, 3.8) is 0 Å². The summed E-state index contributed by atoms with van der Waals surface area (Å²) in [6.45, 7) is 4.17. The lowest BCUT2D eigenvalue weighted by Gasteiger charge is -2.18. The first kappa shape index (κ1) is 9.77. The van der Waals surface area contributed by atoms with Gasteiger partial charge in [-0.15, -0.1) is 0 Å². The molecule has 0 atom stereocenters. The fraction of sp³-hybridized carbons (Fsp3) is 0.556. The van der Waals surface area contributed by atoms with Gasteiger partial charge in [0.1, 0.15) is 18.0 Å². The molecule has 0 amide bonds. The average molecular weight is 180 g/mol. The summed E-state index contributed by atoms with van der Waals surface area (Å²) in [6.07, 6.45) is 1.50. The quantitative estimate of drug-likeness (QED) is 0.744. The molecule has 4 heteroatoms. The minimum atomic E-state index is 0.346. The Kier molecular flexibility index (Phi) is 2.70. The van der Waals surface area contributed by atoms with Gasteiger partial charge in [-0.3, -0.25) is 0 Å². The van der Waals surface area contributed by atoms with Crippen LogP contribution in [0.1, 0.15) is 25.3 Å². The molecule has 2 N–H and O–H groups in total. The van der Waals surface area contributed by atoms with Gasteiger partial charge < -0.3 is 10.6 Å². The first-order valence-electron chi connectivity index (χ1n) is 4.31. The van der Waals surface area contributed by atoms with E-state index in [0.29, 0.717) is 11.7 Å². The third-order valence-electron chi connectivity index (χ3n) is 1.89. The van der Waals surface area contributed by atoms with Crippen molar-refractivity contribution in [1.29, 1.82) is 0 Å². The van der Waals surface area contributed by atoms with Gasteiger partial charge in [0.05, 0.1) is 0 Å². The molecule has 0 aromatic carbocycles. The van der Waals surface area contributed by atoms with Crippen molar-refractivity contribution in [2.24, 2.45) is 0 Å². The zero-order chi connectivity index (χ0) is 10.0. The number of anilines is 2. The van der Waals surface area contributed by atoms with Gasteiger partial charge in [-0.2, -0.15) is 0 Å². The molecule has 0 radical (unpaired) electrons. The van der Waals surface area contributed by atoms with Crippen molar-refractivity contribution in [2.75, 3.05) is 24.7 Å². The molecule has 0 saturated carbocycles. The van der Waals surface area contributed by atoms with Crippen LogP contribution in [-0.4, -0.2) is 24.1 Å². The van der Waals surface area contributed by atoms with Crippen LogP contribution >= 0.6 is 0 Å². The summed E-state index contributed by atoms with van der Waals surface area (Å²) >= 11 is 0. The highest BCUT2D eigenvalue weighted by atomic mass is 15.2. The molecule has 0 aliphatic carbocycles. The second-order valence-electron chi connectivity index (χ2n) is 3.55. The number of rotatable bonds is 2. The van der Waals surface area contributed by atoms with Crippen LogP contribution in [-0.2, 0) is 0 Å². The Labute approximate surface area is 78.8 Å². The Balaban J connectivity index is 3.26. The molecule has 0 aliphatic rings. The minimum absolute atomic E-state index is 0.346. The fourth-order valence-corrected chi connectivity index (χ4v) is 1.31. The SMILES string of the molecule is CC(C)c1c(N)ncnc1N(C)C. The van der Waals surface area contributed by atoms with E-state index in [2.05, 4.69) is 23.8 Å². The monoisotopic (exact) mass is 180 g/mol. The lowest BCUT2D eigenvalue weighted by Crippen LogP contribution is -2.16. The highest BCUT2D eigenvalue weighted by Gasteiger charge is 2.13. The van der Waals surface area contributed by atoms with Gasteiger partial charge in [-0.05, 0) is 5.92 Å². The molecule has 1 rings (SSSR count). The summed E-state index contributed by atoms with van der Waals surface area (Å²) in [7, 11) is 3.90. The first-order valence-corrected chi connectivity index (χ1v) is 4.31. The smallest absolute Gasteiger partial charge is 0.137 e. The molecule has 72 valence electrons. The van der Waals surface area contributed by atoms with Gasteiger partial charge in [0.15, 0.2) is 0 Å². The number of nitrogens with two attached hydrogens (primary N) is 1. The standard InChI is InChI=1S/C9H16N4/c1-6(2)7-8(10)11-5-12-9(7)13(3)4/h5-6H,1-4H3,(H2,10,11,12). The van der Waals surface area contributed by atoms with Gasteiger partial charge in [0.2, 0.25) is 0 Å². The predicted molar refractivity (Wildman–Crippen MR) is 54.9 cm³/mol. The van der Waals surface area contributed by atoms with E-state index in [4.69, 9.17) is 5.73 Å². The van der Waals surface area contributed by atoms with Gasteiger partial charge in [0.25, 0.3) is 0 Å². The third-order valence-corrected chi connectivity index (χ3v) is 1.89. The summed E-state index contributed by atoms with van der Waals surface area (Å²) < 4.78 is 0. The second kappa shape index (κ2) is 3.60. The minimum Gasteiger partial charge on any atom is -0.383 e. The van der Waals surface area contributed by atoms with E-state index >= 15 is 0 Å². The average Bonchev–Trinajstić information content (AvgIpc) is 2.02. The molecule has 13 heavy (non-hydrogen) atoms. The lowest BCUT2D eigenvalue weighted by molar-refractivity contribution is 0.839. The van der Waals surface area contributed by atoms with Crippen LogP contribution in [0, 0.1) is 0 Å². The van der Waals surface area contributed by atoms with Gasteiger partial charge in [0, 0.05) is 19.7 Å². The maximum atomic E-state index is 5.78. The molecule has 1 heterocycles. The summed E-state index contributed by atoms with van der Waals surface area (Å²) in [6, 6.07) is 0. The molecular weight excluding hydrogens is 164 g/mol. The van der Waals surface area contributed by atoms with E-state index in [1.54, 1.807) is 0 Å². The predicted octanol–water partition coefficient (Wildman–Crippen LogP) is 1.25.